The maximum absolute atomic E-state index is 11.2. The van der Waals surface area contributed by atoms with Crippen molar-refractivity contribution in [3.63, 3.8) is 0 Å². The molecular weight excluding hydrogens is 220 g/mol. The molecule has 0 fully saturated rings. The molecule has 1 N–H and O–H groups in total. The van der Waals surface area contributed by atoms with Gasteiger partial charge in [-0.3, -0.25) is 9.19 Å². The van der Waals surface area contributed by atoms with E-state index >= 15 is 0 Å². The van der Waals surface area contributed by atoms with E-state index in [1.54, 1.807) is 6.26 Å². The van der Waals surface area contributed by atoms with Crippen LogP contribution >= 0.6 is 0 Å². The van der Waals surface area contributed by atoms with Crippen molar-refractivity contribution in [1.82, 2.24) is 10.3 Å². The van der Waals surface area contributed by atoms with Gasteiger partial charge in [-0.2, -0.15) is 0 Å². The van der Waals surface area contributed by atoms with Gasteiger partial charge in [-0.05, 0) is 38.0 Å². The van der Waals surface area contributed by atoms with Crippen LogP contribution in [0.4, 0.5) is 0 Å². The number of hydrogen-bond donors (Lipinski definition) is 1. The van der Waals surface area contributed by atoms with Crippen molar-refractivity contribution >= 4 is 10.8 Å². The third-order valence-electron chi connectivity index (χ3n) is 2.61. The number of aromatic nitrogens is 1. The van der Waals surface area contributed by atoms with Crippen LogP contribution in [0.1, 0.15) is 19.4 Å². The zero-order chi connectivity index (χ0) is 12.0. The molecule has 1 rings (SSSR count). The summed E-state index contributed by atoms with van der Waals surface area (Å²) in [5, 5.41) is 3.61. The van der Waals surface area contributed by atoms with Gasteiger partial charge in [0.2, 0.25) is 0 Å². The molecule has 1 aromatic rings. The summed E-state index contributed by atoms with van der Waals surface area (Å²) in [6, 6.07) is 4.45. The van der Waals surface area contributed by atoms with E-state index in [-0.39, 0.29) is 5.25 Å². The summed E-state index contributed by atoms with van der Waals surface area (Å²) in [7, 11) is -0.746. The van der Waals surface area contributed by atoms with E-state index in [9.17, 15) is 4.21 Å². The summed E-state index contributed by atoms with van der Waals surface area (Å²) in [6.07, 6.45) is 6.35. The molecule has 3 nitrogen and oxygen atoms in total. The van der Waals surface area contributed by atoms with Crippen molar-refractivity contribution in [2.45, 2.75) is 31.6 Å². The third kappa shape index (κ3) is 4.86. The lowest BCUT2D eigenvalue weighted by atomic mass is 10.1. The SMILES string of the molecule is CC(Cc1ccncc1)NCC(C)S(C)=O. The van der Waals surface area contributed by atoms with Crippen LogP contribution in [-0.2, 0) is 17.2 Å². The summed E-state index contributed by atoms with van der Waals surface area (Å²) < 4.78 is 11.2. The van der Waals surface area contributed by atoms with Crippen LogP contribution in [-0.4, -0.2) is 33.3 Å². The quantitative estimate of drug-likeness (QED) is 0.816. The van der Waals surface area contributed by atoms with Gasteiger partial charge in [0.1, 0.15) is 0 Å². The standard InChI is InChI=1S/C12H20N2OS/c1-10(14-9-11(2)16(3)15)8-12-4-6-13-7-5-12/h4-7,10-11,14H,8-9H2,1-3H3. The Hall–Kier alpha value is -0.740. The maximum atomic E-state index is 11.2. The molecule has 0 aliphatic heterocycles. The van der Waals surface area contributed by atoms with Crippen LogP contribution in [0.2, 0.25) is 0 Å². The largest absolute Gasteiger partial charge is 0.313 e. The highest BCUT2D eigenvalue weighted by Crippen LogP contribution is 2.01. The Morgan fingerprint density at radius 2 is 2.00 bits per heavy atom. The number of hydrogen-bond acceptors (Lipinski definition) is 3. The number of pyridine rings is 1. The van der Waals surface area contributed by atoms with E-state index in [2.05, 4.69) is 17.2 Å². The van der Waals surface area contributed by atoms with E-state index in [1.165, 1.54) is 5.56 Å². The van der Waals surface area contributed by atoms with Gasteiger partial charge in [0.15, 0.2) is 0 Å². The van der Waals surface area contributed by atoms with E-state index in [0.717, 1.165) is 13.0 Å². The van der Waals surface area contributed by atoms with Crippen LogP contribution < -0.4 is 5.32 Å². The Morgan fingerprint density at radius 1 is 1.38 bits per heavy atom. The summed E-state index contributed by atoms with van der Waals surface area (Å²) in [5.41, 5.74) is 1.28. The van der Waals surface area contributed by atoms with Crippen molar-refractivity contribution in [3.8, 4) is 0 Å². The van der Waals surface area contributed by atoms with E-state index < -0.39 is 10.8 Å². The number of rotatable bonds is 6. The molecule has 90 valence electrons. The fourth-order valence-corrected chi connectivity index (χ4v) is 1.76. The molecule has 0 saturated carbocycles. The minimum atomic E-state index is -0.746. The molecule has 0 radical (unpaired) electrons. The van der Waals surface area contributed by atoms with E-state index in [0.29, 0.717) is 6.04 Å². The highest BCUT2D eigenvalue weighted by molar-refractivity contribution is 7.84. The molecule has 0 saturated heterocycles. The van der Waals surface area contributed by atoms with Crippen molar-refractivity contribution in [2.24, 2.45) is 0 Å². The van der Waals surface area contributed by atoms with Gasteiger partial charge >= 0.3 is 0 Å². The molecule has 0 aliphatic rings. The maximum Gasteiger partial charge on any atom is 0.0441 e. The Morgan fingerprint density at radius 3 is 2.56 bits per heavy atom. The first-order valence-electron chi connectivity index (χ1n) is 5.54. The predicted molar refractivity (Wildman–Crippen MR) is 68.9 cm³/mol. The topological polar surface area (TPSA) is 42.0 Å². The van der Waals surface area contributed by atoms with Crippen LogP contribution in [0.3, 0.4) is 0 Å². The molecule has 0 bridgehead atoms. The monoisotopic (exact) mass is 240 g/mol. The number of nitrogens with zero attached hydrogens (tertiary/aromatic N) is 1. The van der Waals surface area contributed by atoms with Gasteiger partial charge in [0.05, 0.1) is 0 Å². The zero-order valence-electron chi connectivity index (χ0n) is 10.1. The smallest absolute Gasteiger partial charge is 0.0441 e. The van der Waals surface area contributed by atoms with Gasteiger partial charge in [0, 0.05) is 47.3 Å². The summed E-state index contributed by atoms with van der Waals surface area (Å²) in [5.74, 6) is 0. The lowest BCUT2D eigenvalue weighted by molar-refractivity contribution is 0.543. The van der Waals surface area contributed by atoms with Gasteiger partial charge in [0.25, 0.3) is 0 Å². The first kappa shape index (κ1) is 13.3. The first-order valence-corrected chi connectivity index (χ1v) is 7.16. The van der Waals surface area contributed by atoms with Crippen LogP contribution in [0.15, 0.2) is 24.5 Å². The lowest BCUT2D eigenvalue weighted by Gasteiger charge is -2.16. The molecule has 4 heteroatoms. The molecule has 1 aromatic heterocycles. The normalized spacial score (nSPS) is 16.7. The molecule has 1 heterocycles. The summed E-state index contributed by atoms with van der Waals surface area (Å²) in [6.45, 7) is 4.95. The zero-order valence-corrected chi connectivity index (χ0v) is 11.0. The van der Waals surface area contributed by atoms with Gasteiger partial charge in [-0.25, -0.2) is 0 Å². The average Bonchev–Trinajstić information content (AvgIpc) is 2.27. The Labute approximate surface area is 100 Å². The van der Waals surface area contributed by atoms with Crippen LogP contribution in [0.25, 0.3) is 0 Å². The minimum Gasteiger partial charge on any atom is -0.313 e. The molecule has 3 unspecified atom stereocenters. The molecule has 16 heavy (non-hydrogen) atoms. The van der Waals surface area contributed by atoms with Gasteiger partial charge < -0.3 is 5.32 Å². The fraction of sp³-hybridized carbons (Fsp3) is 0.583. The lowest BCUT2D eigenvalue weighted by Crippen LogP contribution is -2.35. The average molecular weight is 240 g/mol. The summed E-state index contributed by atoms with van der Waals surface area (Å²) >= 11 is 0. The Kier molecular flexibility index (Phi) is 5.63. The highest BCUT2D eigenvalue weighted by atomic mass is 32.2. The second-order valence-electron chi connectivity index (χ2n) is 4.18. The Bertz CT molecular complexity index is 329. The predicted octanol–water partition coefficient (Wildman–Crippen LogP) is 1.37. The molecule has 0 spiro atoms. The van der Waals surface area contributed by atoms with Crippen LogP contribution in [0, 0.1) is 0 Å². The second-order valence-corrected chi connectivity index (χ2v) is 5.98. The van der Waals surface area contributed by atoms with E-state index in [4.69, 9.17) is 0 Å². The molecule has 0 amide bonds. The highest BCUT2D eigenvalue weighted by Gasteiger charge is 2.08. The van der Waals surface area contributed by atoms with Gasteiger partial charge in [-0.15, -0.1) is 0 Å². The van der Waals surface area contributed by atoms with E-state index in [1.807, 2.05) is 31.5 Å². The fourth-order valence-electron chi connectivity index (χ4n) is 1.43. The minimum absolute atomic E-state index is 0.208. The first-order chi connectivity index (χ1) is 7.59. The van der Waals surface area contributed by atoms with Gasteiger partial charge in [-0.1, -0.05) is 0 Å². The molecular formula is C12H20N2OS. The molecule has 0 aromatic carbocycles. The van der Waals surface area contributed by atoms with Crippen molar-refractivity contribution in [1.29, 1.82) is 0 Å². The van der Waals surface area contributed by atoms with Crippen molar-refractivity contribution in [2.75, 3.05) is 12.8 Å². The van der Waals surface area contributed by atoms with Crippen molar-refractivity contribution < 1.29 is 4.21 Å². The summed E-state index contributed by atoms with van der Waals surface area (Å²) in [4.78, 5) is 3.99. The third-order valence-corrected chi connectivity index (χ3v) is 3.91. The number of nitrogens with one attached hydrogen (secondary N) is 1. The second kappa shape index (κ2) is 6.76. The van der Waals surface area contributed by atoms with Crippen LogP contribution in [0.5, 0.6) is 0 Å². The Balaban J connectivity index is 2.31. The van der Waals surface area contributed by atoms with Crippen molar-refractivity contribution in [3.05, 3.63) is 30.1 Å². The molecule has 0 aliphatic carbocycles. The molecule has 3 atom stereocenters.